The maximum Gasteiger partial charge on any atom is 0.253 e. The molecule has 1 saturated carbocycles. The quantitative estimate of drug-likeness (QED) is 0.617. The van der Waals surface area contributed by atoms with Crippen molar-refractivity contribution in [1.29, 1.82) is 0 Å². The van der Waals surface area contributed by atoms with Gasteiger partial charge in [0.1, 0.15) is 0 Å². The Morgan fingerprint density at radius 3 is 2.68 bits per heavy atom. The highest BCUT2D eigenvalue weighted by Crippen LogP contribution is 2.34. The summed E-state index contributed by atoms with van der Waals surface area (Å²) in [6, 6.07) is 5.16. The molecule has 0 aromatic heterocycles. The maximum absolute atomic E-state index is 11.9. The SMILES string of the molecule is CNC(=O)c1ccc(N)cc1NC1(CO)CCCC1. The molecule has 0 bridgehead atoms. The lowest BCUT2D eigenvalue weighted by Gasteiger charge is -2.30. The van der Waals surface area contributed by atoms with Gasteiger partial charge in [0.2, 0.25) is 0 Å². The third-order valence-electron chi connectivity index (χ3n) is 3.78. The monoisotopic (exact) mass is 263 g/mol. The van der Waals surface area contributed by atoms with Crippen LogP contribution in [-0.2, 0) is 0 Å². The van der Waals surface area contributed by atoms with Crippen LogP contribution >= 0.6 is 0 Å². The Bertz CT molecular complexity index is 468. The summed E-state index contributed by atoms with van der Waals surface area (Å²) in [5.74, 6) is -0.159. The van der Waals surface area contributed by atoms with Gasteiger partial charge in [-0.2, -0.15) is 0 Å². The van der Waals surface area contributed by atoms with Crippen LogP contribution in [0.2, 0.25) is 0 Å². The summed E-state index contributed by atoms with van der Waals surface area (Å²) in [5, 5.41) is 15.6. The van der Waals surface area contributed by atoms with E-state index in [0.29, 0.717) is 16.9 Å². The van der Waals surface area contributed by atoms with Crippen molar-refractivity contribution < 1.29 is 9.90 Å². The molecule has 5 heteroatoms. The zero-order chi connectivity index (χ0) is 13.9. The molecule has 1 aliphatic carbocycles. The zero-order valence-electron chi connectivity index (χ0n) is 11.2. The molecule has 1 fully saturated rings. The average molecular weight is 263 g/mol. The first-order valence-corrected chi connectivity index (χ1v) is 6.61. The predicted molar refractivity (Wildman–Crippen MR) is 76.2 cm³/mol. The minimum Gasteiger partial charge on any atom is -0.399 e. The van der Waals surface area contributed by atoms with Crippen molar-refractivity contribution >= 4 is 17.3 Å². The van der Waals surface area contributed by atoms with Gasteiger partial charge in [-0.25, -0.2) is 0 Å². The smallest absolute Gasteiger partial charge is 0.253 e. The number of amides is 1. The van der Waals surface area contributed by atoms with Gasteiger partial charge in [-0.05, 0) is 31.0 Å². The van der Waals surface area contributed by atoms with Gasteiger partial charge in [-0.3, -0.25) is 4.79 Å². The van der Waals surface area contributed by atoms with E-state index in [1.165, 1.54) is 0 Å². The molecule has 19 heavy (non-hydrogen) atoms. The van der Waals surface area contributed by atoms with Gasteiger partial charge in [-0.15, -0.1) is 0 Å². The summed E-state index contributed by atoms with van der Waals surface area (Å²) in [5.41, 5.74) is 7.31. The van der Waals surface area contributed by atoms with Gasteiger partial charge in [0.15, 0.2) is 0 Å². The van der Waals surface area contributed by atoms with Crippen molar-refractivity contribution in [1.82, 2.24) is 5.32 Å². The second-order valence-corrected chi connectivity index (χ2v) is 5.15. The molecule has 1 aliphatic rings. The number of aliphatic hydroxyl groups is 1. The molecular formula is C14H21N3O2. The number of hydrogen-bond acceptors (Lipinski definition) is 4. The summed E-state index contributed by atoms with van der Waals surface area (Å²) >= 11 is 0. The van der Waals surface area contributed by atoms with E-state index in [9.17, 15) is 9.90 Å². The van der Waals surface area contributed by atoms with Crippen LogP contribution in [0, 0.1) is 0 Å². The van der Waals surface area contributed by atoms with Crippen molar-refractivity contribution in [3.05, 3.63) is 23.8 Å². The second-order valence-electron chi connectivity index (χ2n) is 5.15. The Labute approximate surface area is 113 Å². The highest BCUT2D eigenvalue weighted by Gasteiger charge is 2.33. The van der Waals surface area contributed by atoms with Gasteiger partial charge in [-0.1, -0.05) is 12.8 Å². The van der Waals surface area contributed by atoms with Crippen LogP contribution < -0.4 is 16.4 Å². The van der Waals surface area contributed by atoms with E-state index in [1.807, 2.05) is 0 Å². The average Bonchev–Trinajstić information content (AvgIpc) is 2.87. The Kier molecular flexibility index (Phi) is 3.95. The lowest BCUT2D eigenvalue weighted by Crippen LogP contribution is -2.39. The molecule has 0 heterocycles. The van der Waals surface area contributed by atoms with Crippen LogP contribution in [0.25, 0.3) is 0 Å². The van der Waals surface area contributed by atoms with Gasteiger partial charge in [0, 0.05) is 18.4 Å². The Hall–Kier alpha value is -1.75. The predicted octanol–water partition coefficient (Wildman–Crippen LogP) is 1.35. The Morgan fingerprint density at radius 1 is 1.42 bits per heavy atom. The number of hydrogen-bond donors (Lipinski definition) is 4. The fraction of sp³-hybridized carbons (Fsp3) is 0.500. The summed E-state index contributed by atoms with van der Waals surface area (Å²) in [6.45, 7) is 0.0645. The number of carbonyl (C=O) groups is 1. The van der Waals surface area contributed by atoms with Gasteiger partial charge in [0.25, 0.3) is 5.91 Å². The van der Waals surface area contributed by atoms with Crippen molar-refractivity contribution in [3.8, 4) is 0 Å². The first-order chi connectivity index (χ1) is 9.10. The largest absolute Gasteiger partial charge is 0.399 e. The van der Waals surface area contributed by atoms with E-state index < -0.39 is 0 Å². The number of carbonyl (C=O) groups excluding carboxylic acids is 1. The third kappa shape index (κ3) is 2.81. The number of rotatable bonds is 4. The molecule has 0 unspecified atom stereocenters. The molecule has 1 aromatic rings. The van der Waals surface area contributed by atoms with E-state index in [0.717, 1.165) is 25.7 Å². The summed E-state index contributed by atoms with van der Waals surface area (Å²) in [4.78, 5) is 11.9. The molecule has 2 rings (SSSR count). The van der Waals surface area contributed by atoms with Crippen LogP contribution in [0.1, 0.15) is 36.0 Å². The fourth-order valence-corrected chi connectivity index (χ4v) is 2.66. The number of nitrogens with two attached hydrogens (primary N) is 1. The first-order valence-electron chi connectivity index (χ1n) is 6.61. The lowest BCUT2D eigenvalue weighted by molar-refractivity contribution is 0.0963. The van der Waals surface area contributed by atoms with E-state index in [4.69, 9.17) is 5.73 Å². The van der Waals surface area contributed by atoms with Crippen LogP contribution in [0.5, 0.6) is 0 Å². The molecule has 0 spiro atoms. The molecule has 0 aliphatic heterocycles. The summed E-state index contributed by atoms with van der Waals surface area (Å²) < 4.78 is 0. The van der Waals surface area contributed by atoms with Crippen LogP contribution in [0.4, 0.5) is 11.4 Å². The number of nitrogens with one attached hydrogen (secondary N) is 2. The Balaban J connectivity index is 2.32. The molecule has 1 amide bonds. The van der Waals surface area contributed by atoms with Crippen molar-refractivity contribution in [3.63, 3.8) is 0 Å². The van der Waals surface area contributed by atoms with E-state index in [2.05, 4.69) is 10.6 Å². The molecule has 5 N–H and O–H groups in total. The van der Waals surface area contributed by atoms with Crippen molar-refractivity contribution in [2.75, 3.05) is 24.7 Å². The molecule has 0 saturated heterocycles. The zero-order valence-corrected chi connectivity index (χ0v) is 11.2. The van der Waals surface area contributed by atoms with E-state index in [-0.39, 0.29) is 18.1 Å². The number of aliphatic hydroxyl groups excluding tert-OH is 1. The molecular weight excluding hydrogens is 242 g/mol. The van der Waals surface area contributed by atoms with E-state index >= 15 is 0 Å². The maximum atomic E-state index is 11.9. The van der Waals surface area contributed by atoms with Crippen LogP contribution in [0.15, 0.2) is 18.2 Å². The van der Waals surface area contributed by atoms with Gasteiger partial charge in [0.05, 0.1) is 17.7 Å². The second kappa shape index (κ2) is 5.48. The molecule has 5 nitrogen and oxygen atoms in total. The normalized spacial score (nSPS) is 17.2. The topological polar surface area (TPSA) is 87.4 Å². The van der Waals surface area contributed by atoms with Gasteiger partial charge >= 0.3 is 0 Å². The standard InChI is InChI=1S/C14H21N3O2/c1-16-13(19)11-5-4-10(15)8-12(11)17-14(9-18)6-2-3-7-14/h4-5,8,17-18H,2-3,6-7,9,15H2,1H3,(H,16,19). The number of anilines is 2. The number of benzene rings is 1. The Morgan fingerprint density at radius 2 is 2.11 bits per heavy atom. The van der Waals surface area contributed by atoms with Crippen molar-refractivity contribution in [2.45, 2.75) is 31.2 Å². The summed E-state index contributed by atoms with van der Waals surface area (Å²) in [6.07, 6.45) is 3.99. The van der Waals surface area contributed by atoms with Crippen molar-refractivity contribution in [2.24, 2.45) is 0 Å². The minimum atomic E-state index is -0.323. The minimum absolute atomic E-state index is 0.0645. The first kappa shape index (κ1) is 13.7. The molecule has 1 aromatic carbocycles. The van der Waals surface area contributed by atoms with Gasteiger partial charge < -0.3 is 21.5 Å². The molecule has 0 radical (unpaired) electrons. The fourth-order valence-electron chi connectivity index (χ4n) is 2.66. The highest BCUT2D eigenvalue weighted by atomic mass is 16.3. The number of nitrogen functional groups attached to an aromatic ring is 1. The highest BCUT2D eigenvalue weighted by molar-refractivity contribution is 6.00. The van der Waals surface area contributed by atoms with Crippen LogP contribution in [-0.4, -0.2) is 30.2 Å². The molecule has 104 valence electrons. The summed E-state index contributed by atoms with van der Waals surface area (Å²) in [7, 11) is 1.60. The van der Waals surface area contributed by atoms with Crippen LogP contribution in [0.3, 0.4) is 0 Å². The third-order valence-corrected chi connectivity index (χ3v) is 3.78. The lowest BCUT2D eigenvalue weighted by atomic mass is 9.97. The molecule has 0 atom stereocenters. The van der Waals surface area contributed by atoms with E-state index in [1.54, 1.807) is 25.2 Å².